The predicted octanol–water partition coefficient (Wildman–Crippen LogP) is 2.05. The molecule has 0 atom stereocenters. The third-order valence-corrected chi connectivity index (χ3v) is 2.58. The van der Waals surface area contributed by atoms with Gasteiger partial charge in [-0.05, 0) is 34.7 Å². The van der Waals surface area contributed by atoms with Crippen LogP contribution in [0, 0.1) is 25.0 Å². The minimum atomic E-state index is -0.526. The molecule has 1 rings (SSSR count). The van der Waals surface area contributed by atoms with Crippen molar-refractivity contribution >= 4 is 39.9 Å². The van der Waals surface area contributed by atoms with Gasteiger partial charge in [-0.1, -0.05) is 0 Å². The Bertz CT molecular complexity index is 481. The average Bonchev–Trinajstić information content (AvgIpc) is 2.21. The maximum absolute atomic E-state index is 11.1. The summed E-state index contributed by atoms with van der Waals surface area (Å²) in [6.45, 7) is 0. The maximum atomic E-state index is 11.1. The number of nitrogens with one attached hydrogen (secondary N) is 1. The second-order valence-electron chi connectivity index (χ2n) is 2.81. The zero-order chi connectivity index (χ0) is 12.1. The van der Waals surface area contributed by atoms with Crippen LogP contribution in [0.4, 0.5) is 11.4 Å². The standard InChI is InChI=1S/C9H6IN3O3/c10-7-2-1-6(5-8(7)13(15)16)12-9(14)3-4-11/h1-2,5H,3H2,(H,12,14). The highest BCUT2D eigenvalue weighted by molar-refractivity contribution is 14.1. The molecule has 0 radical (unpaired) electrons. The van der Waals surface area contributed by atoms with Gasteiger partial charge in [0.05, 0.1) is 14.6 Å². The highest BCUT2D eigenvalue weighted by atomic mass is 127. The third-order valence-electron chi connectivity index (χ3n) is 1.67. The van der Waals surface area contributed by atoms with Gasteiger partial charge in [0.1, 0.15) is 6.42 Å². The lowest BCUT2D eigenvalue weighted by Gasteiger charge is -2.03. The van der Waals surface area contributed by atoms with Crippen molar-refractivity contribution < 1.29 is 9.72 Å². The molecule has 0 aliphatic rings. The number of anilines is 1. The van der Waals surface area contributed by atoms with Crippen molar-refractivity contribution in [3.05, 3.63) is 31.9 Å². The molecule has 6 nitrogen and oxygen atoms in total. The summed E-state index contributed by atoms with van der Waals surface area (Å²) in [7, 11) is 0. The quantitative estimate of drug-likeness (QED) is 0.521. The summed E-state index contributed by atoms with van der Waals surface area (Å²) < 4.78 is 0.487. The van der Waals surface area contributed by atoms with E-state index >= 15 is 0 Å². The molecule has 0 spiro atoms. The molecule has 0 saturated heterocycles. The number of nitriles is 1. The number of amides is 1. The number of nitro groups is 1. The van der Waals surface area contributed by atoms with Gasteiger partial charge in [-0.25, -0.2) is 0 Å². The average molecular weight is 331 g/mol. The normalized spacial score (nSPS) is 9.25. The number of hydrogen-bond acceptors (Lipinski definition) is 4. The molecule has 16 heavy (non-hydrogen) atoms. The molecular weight excluding hydrogens is 325 g/mol. The summed E-state index contributed by atoms with van der Waals surface area (Å²) in [5.41, 5.74) is 0.239. The lowest BCUT2D eigenvalue weighted by molar-refractivity contribution is -0.385. The van der Waals surface area contributed by atoms with E-state index in [0.29, 0.717) is 9.26 Å². The van der Waals surface area contributed by atoms with Crippen molar-refractivity contribution in [3.8, 4) is 6.07 Å². The first-order valence-electron chi connectivity index (χ1n) is 4.15. The molecule has 0 fully saturated rings. The van der Waals surface area contributed by atoms with Crippen LogP contribution < -0.4 is 5.32 Å². The van der Waals surface area contributed by atoms with E-state index in [1.54, 1.807) is 12.1 Å². The molecule has 82 valence electrons. The van der Waals surface area contributed by atoms with Crippen molar-refractivity contribution in [3.63, 3.8) is 0 Å². The minimum Gasteiger partial charge on any atom is -0.325 e. The van der Waals surface area contributed by atoms with Gasteiger partial charge in [0.2, 0.25) is 5.91 Å². The summed E-state index contributed by atoms with van der Waals surface area (Å²) in [4.78, 5) is 21.2. The topological polar surface area (TPSA) is 96.0 Å². The van der Waals surface area contributed by atoms with Crippen LogP contribution in [0.3, 0.4) is 0 Å². The number of carbonyl (C=O) groups excluding carboxylic acids is 1. The molecule has 7 heteroatoms. The van der Waals surface area contributed by atoms with Crippen LogP contribution in [-0.2, 0) is 4.79 Å². The molecule has 0 unspecified atom stereocenters. The fourth-order valence-electron chi connectivity index (χ4n) is 1.01. The Kier molecular flexibility index (Phi) is 4.19. The van der Waals surface area contributed by atoms with E-state index in [9.17, 15) is 14.9 Å². The van der Waals surface area contributed by atoms with Gasteiger partial charge in [-0.3, -0.25) is 14.9 Å². The first-order valence-corrected chi connectivity index (χ1v) is 5.23. The van der Waals surface area contributed by atoms with Gasteiger partial charge < -0.3 is 5.32 Å². The first kappa shape index (κ1) is 12.4. The largest absolute Gasteiger partial charge is 0.325 e. The number of rotatable bonds is 3. The molecule has 0 aliphatic heterocycles. The maximum Gasteiger partial charge on any atom is 0.284 e. The zero-order valence-corrected chi connectivity index (χ0v) is 10.1. The van der Waals surface area contributed by atoms with E-state index < -0.39 is 10.8 Å². The summed E-state index contributed by atoms with van der Waals surface area (Å²) in [6, 6.07) is 6.02. The highest BCUT2D eigenvalue weighted by Gasteiger charge is 2.13. The summed E-state index contributed by atoms with van der Waals surface area (Å²) in [6.07, 6.45) is -0.278. The van der Waals surface area contributed by atoms with Crippen molar-refractivity contribution in [1.29, 1.82) is 5.26 Å². The smallest absolute Gasteiger partial charge is 0.284 e. The van der Waals surface area contributed by atoms with Crippen LogP contribution in [0.1, 0.15) is 6.42 Å². The van der Waals surface area contributed by atoms with Crippen molar-refractivity contribution in [2.45, 2.75) is 6.42 Å². The molecule has 0 heterocycles. The van der Waals surface area contributed by atoms with Crippen molar-refractivity contribution in [2.75, 3.05) is 5.32 Å². The van der Waals surface area contributed by atoms with E-state index in [-0.39, 0.29) is 12.1 Å². The molecular formula is C9H6IN3O3. The lowest BCUT2D eigenvalue weighted by atomic mass is 10.2. The van der Waals surface area contributed by atoms with Crippen molar-refractivity contribution in [2.24, 2.45) is 0 Å². The van der Waals surface area contributed by atoms with Crippen molar-refractivity contribution in [1.82, 2.24) is 0 Å². The van der Waals surface area contributed by atoms with Crippen LogP contribution in [0.15, 0.2) is 18.2 Å². The van der Waals surface area contributed by atoms with Crippen LogP contribution >= 0.6 is 22.6 Å². The van der Waals surface area contributed by atoms with Crippen LogP contribution in [-0.4, -0.2) is 10.8 Å². The predicted molar refractivity (Wildman–Crippen MR) is 64.7 cm³/mol. The molecule has 1 aromatic carbocycles. The zero-order valence-electron chi connectivity index (χ0n) is 7.94. The van der Waals surface area contributed by atoms with Gasteiger partial charge in [0, 0.05) is 11.8 Å². The fourth-order valence-corrected chi connectivity index (χ4v) is 1.54. The lowest BCUT2D eigenvalue weighted by Crippen LogP contribution is -2.10. The Morgan fingerprint density at radius 2 is 2.31 bits per heavy atom. The summed E-state index contributed by atoms with van der Waals surface area (Å²) in [5, 5.41) is 21.3. The van der Waals surface area contributed by atoms with E-state index in [4.69, 9.17) is 5.26 Å². The van der Waals surface area contributed by atoms with E-state index in [1.165, 1.54) is 12.1 Å². The Labute approximate surface area is 105 Å². The van der Waals surface area contributed by atoms with Crippen LogP contribution in [0.2, 0.25) is 0 Å². The number of carbonyl (C=O) groups is 1. The summed E-state index contributed by atoms with van der Waals surface area (Å²) in [5.74, 6) is -0.488. The number of halogens is 1. The minimum absolute atomic E-state index is 0.0737. The van der Waals surface area contributed by atoms with E-state index in [2.05, 4.69) is 5.32 Å². The fraction of sp³-hybridized carbons (Fsp3) is 0.111. The van der Waals surface area contributed by atoms with Gasteiger partial charge in [-0.15, -0.1) is 0 Å². The number of benzene rings is 1. The highest BCUT2D eigenvalue weighted by Crippen LogP contribution is 2.24. The van der Waals surface area contributed by atoms with Gasteiger partial charge in [-0.2, -0.15) is 5.26 Å². The molecule has 0 aliphatic carbocycles. The number of nitrogens with zero attached hydrogens (tertiary/aromatic N) is 2. The van der Waals surface area contributed by atoms with E-state index in [1.807, 2.05) is 22.6 Å². The molecule has 0 bridgehead atoms. The Morgan fingerprint density at radius 1 is 1.62 bits per heavy atom. The first-order chi connectivity index (χ1) is 7.54. The van der Waals surface area contributed by atoms with Gasteiger partial charge in [0.15, 0.2) is 0 Å². The third kappa shape index (κ3) is 3.16. The van der Waals surface area contributed by atoms with E-state index in [0.717, 1.165) is 0 Å². The molecule has 0 aromatic heterocycles. The molecule has 1 aromatic rings. The number of hydrogen-bond donors (Lipinski definition) is 1. The SMILES string of the molecule is N#CCC(=O)Nc1ccc(I)c([N+](=O)[O-])c1. The Morgan fingerprint density at radius 3 is 2.88 bits per heavy atom. The van der Waals surface area contributed by atoms with Crippen LogP contribution in [0.25, 0.3) is 0 Å². The second kappa shape index (κ2) is 5.41. The molecule has 0 saturated carbocycles. The monoisotopic (exact) mass is 331 g/mol. The molecule has 1 N–H and O–H groups in total. The second-order valence-corrected chi connectivity index (χ2v) is 3.97. The van der Waals surface area contributed by atoms with Gasteiger partial charge in [0.25, 0.3) is 5.69 Å². The van der Waals surface area contributed by atoms with Crippen LogP contribution in [0.5, 0.6) is 0 Å². The summed E-state index contributed by atoms with van der Waals surface area (Å²) >= 11 is 1.84. The number of nitro benzene ring substituents is 1. The Hall–Kier alpha value is -1.69. The molecule has 1 amide bonds. The Balaban J connectivity index is 2.92. The van der Waals surface area contributed by atoms with Gasteiger partial charge >= 0.3 is 0 Å².